The maximum atomic E-state index is 13.5. The van der Waals surface area contributed by atoms with Crippen LogP contribution in [0, 0.1) is 0 Å². The fourth-order valence-corrected chi connectivity index (χ4v) is 4.67. The van der Waals surface area contributed by atoms with Crippen LogP contribution in [0.1, 0.15) is 16.8 Å². The minimum Gasteiger partial charge on any atom is -0.346 e. The highest BCUT2D eigenvalue weighted by Gasteiger charge is 2.39. The van der Waals surface area contributed by atoms with Crippen LogP contribution in [0.5, 0.6) is 0 Å². The van der Waals surface area contributed by atoms with Crippen molar-refractivity contribution in [2.24, 2.45) is 7.05 Å². The number of aromatic nitrogens is 2. The predicted molar refractivity (Wildman–Crippen MR) is 110 cm³/mol. The number of hydrogen-bond acceptors (Lipinski definition) is 5. The first-order valence-electron chi connectivity index (χ1n) is 7.87. The summed E-state index contributed by atoms with van der Waals surface area (Å²) in [5.41, 5.74) is -0.281. The van der Waals surface area contributed by atoms with Gasteiger partial charge < -0.3 is 5.32 Å². The number of carbonyl (C=O) groups excluding carboxylic acids is 1. The standard InChI is InChI=1S/C17H13ClF3N3OS3/c1-24-16(27-8-9-2-4-10(18)5-3-9)11(14(23-24)17(19,20)21)6-12-15(25)22-7-13(26)28-12/h2-6H,7-8H2,1H3,(H,22,25). The van der Waals surface area contributed by atoms with Crippen LogP contribution in [0.3, 0.4) is 0 Å². The molecule has 1 fully saturated rings. The molecule has 11 heteroatoms. The normalized spacial score (nSPS) is 16.5. The number of thioether (sulfide) groups is 2. The van der Waals surface area contributed by atoms with Gasteiger partial charge in [0, 0.05) is 23.4 Å². The van der Waals surface area contributed by atoms with E-state index in [0.29, 0.717) is 20.0 Å². The SMILES string of the molecule is Cn1nc(C(F)(F)F)c(C=C2SC(=S)CNC2=O)c1SCc1ccc(Cl)cc1. The van der Waals surface area contributed by atoms with Crippen LogP contribution >= 0.6 is 47.3 Å². The second kappa shape index (κ2) is 8.48. The summed E-state index contributed by atoms with van der Waals surface area (Å²) >= 11 is 13.1. The van der Waals surface area contributed by atoms with Gasteiger partial charge in [-0.15, -0.1) is 11.8 Å². The molecule has 1 aromatic heterocycles. The quantitative estimate of drug-likeness (QED) is 0.396. The Morgan fingerprint density at radius 2 is 2.07 bits per heavy atom. The van der Waals surface area contributed by atoms with Crippen LogP contribution in [0.25, 0.3) is 6.08 Å². The van der Waals surface area contributed by atoms with E-state index in [0.717, 1.165) is 17.3 Å². The Morgan fingerprint density at radius 1 is 1.39 bits per heavy atom. The Morgan fingerprint density at radius 3 is 2.71 bits per heavy atom. The third kappa shape index (κ3) is 4.91. The third-order valence-electron chi connectivity index (χ3n) is 3.70. The lowest BCUT2D eigenvalue weighted by atomic mass is 10.2. The monoisotopic (exact) mass is 463 g/mol. The molecule has 1 aliphatic rings. The van der Waals surface area contributed by atoms with Gasteiger partial charge in [-0.1, -0.05) is 47.7 Å². The maximum absolute atomic E-state index is 13.5. The zero-order valence-electron chi connectivity index (χ0n) is 14.3. The lowest BCUT2D eigenvalue weighted by Gasteiger charge is -2.15. The largest absolute Gasteiger partial charge is 0.435 e. The van der Waals surface area contributed by atoms with Gasteiger partial charge in [0.25, 0.3) is 5.91 Å². The average molecular weight is 464 g/mol. The summed E-state index contributed by atoms with van der Waals surface area (Å²) in [4.78, 5) is 12.2. The first-order valence-corrected chi connectivity index (χ1v) is 10.5. The number of thiocarbonyl (C=S) groups is 1. The summed E-state index contributed by atoms with van der Waals surface area (Å²) in [6.45, 7) is 0.216. The molecule has 3 rings (SSSR count). The summed E-state index contributed by atoms with van der Waals surface area (Å²) < 4.78 is 42.2. The molecule has 1 aromatic carbocycles. The molecule has 28 heavy (non-hydrogen) atoms. The molecule has 1 N–H and O–H groups in total. The molecule has 2 heterocycles. The van der Waals surface area contributed by atoms with Gasteiger partial charge in [0.2, 0.25) is 0 Å². The zero-order valence-corrected chi connectivity index (χ0v) is 17.5. The molecule has 0 bridgehead atoms. The first kappa shape index (κ1) is 21.2. The van der Waals surface area contributed by atoms with Crippen molar-refractivity contribution in [3.8, 4) is 0 Å². The van der Waals surface area contributed by atoms with Crippen molar-refractivity contribution in [1.82, 2.24) is 15.1 Å². The highest BCUT2D eigenvalue weighted by Crippen LogP contribution is 2.39. The van der Waals surface area contributed by atoms with Gasteiger partial charge in [-0.05, 0) is 23.8 Å². The van der Waals surface area contributed by atoms with Gasteiger partial charge in [0.15, 0.2) is 5.69 Å². The summed E-state index contributed by atoms with van der Waals surface area (Å²) in [6.07, 6.45) is -3.44. The fourth-order valence-electron chi connectivity index (χ4n) is 2.44. The molecule has 148 valence electrons. The van der Waals surface area contributed by atoms with E-state index in [1.54, 1.807) is 24.3 Å². The molecule has 0 unspecified atom stereocenters. The first-order chi connectivity index (χ1) is 13.1. The van der Waals surface area contributed by atoms with Crippen LogP contribution in [0.15, 0.2) is 34.2 Å². The van der Waals surface area contributed by atoms with Crippen LogP contribution in [0.2, 0.25) is 5.02 Å². The molecule has 2 aromatic rings. The van der Waals surface area contributed by atoms with Gasteiger partial charge in [-0.2, -0.15) is 18.3 Å². The van der Waals surface area contributed by atoms with Crippen LogP contribution < -0.4 is 5.32 Å². The minimum absolute atomic E-state index is 0.114. The average Bonchev–Trinajstić information content (AvgIpc) is 2.94. The molecule has 1 saturated heterocycles. The Labute approximate surface area is 177 Å². The van der Waals surface area contributed by atoms with E-state index >= 15 is 0 Å². The number of carbonyl (C=O) groups is 1. The van der Waals surface area contributed by atoms with E-state index in [1.807, 2.05) is 0 Å². The van der Waals surface area contributed by atoms with E-state index in [2.05, 4.69) is 10.4 Å². The second-order valence-electron chi connectivity index (χ2n) is 5.77. The number of alkyl halides is 3. The van der Waals surface area contributed by atoms with Crippen molar-refractivity contribution in [1.29, 1.82) is 0 Å². The molecule has 1 amide bonds. The van der Waals surface area contributed by atoms with Gasteiger partial charge in [0.05, 0.1) is 15.6 Å². The highest BCUT2D eigenvalue weighted by molar-refractivity contribution is 8.26. The Balaban J connectivity index is 1.99. The van der Waals surface area contributed by atoms with E-state index in [1.165, 1.54) is 29.6 Å². The van der Waals surface area contributed by atoms with Crippen molar-refractivity contribution in [3.05, 3.63) is 51.0 Å². The molecule has 0 saturated carbocycles. The van der Waals surface area contributed by atoms with Gasteiger partial charge in [-0.25, -0.2) is 0 Å². The molecule has 0 radical (unpaired) electrons. The van der Waals surface area contributed by atoms with E-state index < -0.39 is 17.8 Å². The molecule has 0 spiro atoms. The second-order valence-corrected chi connectivity index (χ2v) is 9.06. The van der Waals surface area contributed by atoms with Crippen LogP contribution in [-0.4, -0.2) is 26.4 Å². The lowest BCUT2D eigenvalue weighted by molar-refractivity contribution is -0.141. The Kier molecular flexibility index (Phi) is 6.43. The predicted octanol–water partition coefficient (Wildman–Crippen LogP) is 4.92. The Hall–Kier alpha value is -1.49. The number of aryl methyl sites for hydroxylation is 1. The van der Waals surface area contributed by atoms with Crippen molar-refractivity contribution >= 4 is 63.5 Å². The number of halogens is 4. The molecular weight excluding hydrogens is 451 g/mol. The minimum atomic E-state index is -4.65. The van der Waals surface area contributed by atoms with E-state index in [4.69, 9.17) is 23.8 Å². The molecular formula is C17H13ClF3N3OS3. The molecule has 0 aliphatic carbocycles. The van der Waals surface area contributed by atoms with Crippen molar-refractivity contribution in [2.45, 2.75) is 17.0 Å². The lowest BCUT2D eigenvalue weighted by Crippen LogP contribution is -2.33. The topological polar surface area (TPSA) is 46.9 Å². The number of amides is 1. The number of benzene rings is 1. The van der Waals surface area contributed by atoms with E-state index in [-0.39, 0.29) is 17.0 Å². The van der Waals surface area contributed by atoms with E-state index in [9.17, 15) is 18.0 Å². The van der Waals surface area contributed by atoms with Gasteiger partial charge in [0.1, 0.15) is 5.03 Å². The summed E-state index contributed by atoms with van der Waals surface area (Å²) in [5, 5.41) is 7.09. The number of nitrogens with one attached hydrogen (secondary N) is 1. The fraction of sp³-hybridized carbons (Fsp3) is 0.235. The molecule has 4 nitrogen and oxygen atoms in total. The Bertz CT molecular complexity index is 955. The van der Waals surface area contributed by atoms with Crippen molar-refractivity contribution in [3.63, 3.8) is 0 Å². The highest BCUT2D eigenvalue weighted by atomic mass is 35.5. The summed E-state index contributed by atoms with van der Waals surface area (Å²) in [5.74, 6) is -0.0358. The zero-order chi connectivity index (χ0) is 20.5. The smallest absolute Gasteiger partial charge is 0.346 e. The number of nitrogens with zero attached hydrogens (tertiary/aromatic N) is 2. The van der Waals surface area contributed by atoms with Crippen LogP contribution in [-0.2, 0) is 23.8 Å². The third-order valence-corrected chi connectivity index (χ3v) is 6.48. The van der Waals surface area contributed by atoms with Crippen LogP contribution in [0.4, 0.5) is 13.2 Å². The number of hydrogen-bond donors (Lipinski definition) is 1. The molecule has 0 atom stereocenters. The molecule has 1 aliphatic heterocycles. The number of rotatable bonds is 4. The summed E-state index contributed by atoms with van der Waals surface area (Å²) in [7, 11) is 1.44. The summed E-state index contributed by atoms with van der Waals surface area (Å²) in [6, 6.07) is 7.04. The maximum Gasteiger partial charge on any atom is 0.435 e. The van der Waals surface area contributed by atoms with Gasteiger partial charge in [-0.3, -0.25) is 9.48 Å². The van der Waals surface area contributed by atoms with Gasteiger partial charge >= 0.3 is 6.18 Å². The van der Waals surface area contributed by atoms with Crippen molar-refractivity contribution in [2.75, 3.05) is 6.54 Å². The van der Waals surface area contributed by atoms with Crippen molar-refractivity contribution < 1.29 is 18.0 Å².